The molecule has 4 heterocycles. The Hall–Kier alpha value is -1.80. The number of amides is 1. The van der Waals surface area contributed by atoms with Gasteiger partial charge in [0.2, 0.25) is 11.9 Å². The fourth-order valence-electron chi connectivity index (χ4n) is 3.85. The number of anilines is 1. The van der Waals surface area contributed by atoms with Gasteiger partial charge in [0.25, 0.3) is 0 Å². The van der Waals surface area contributed by atoms with Crippen LogP contribution in [0.3, 0.4) is 0 Å². The highest BCUT2D eigenvalue weighted by Crippen LogP contribution is 2.36. The number of nitrogens with zero attached hydrogens (tertiary/aromatic N) is 4. The summed E-state index contributed by atoms with van der Waals surface area (Å²) in [5.41, 5.74) is -0.267. The molecule has 0 bridgehead atoms. The summed E-state index contributed by atoms with van der Waals surface area (Å²) in [6.45, 7) is 3.82. The molecule has 3 saturated heterocycles. The van der Waals surface area contributed by atoms with Crippen LogP contribution in [0.5, 0.6) is 0 Å². The van der Waals surface area contributed by atoms with Crippen LogP contribution < -0.4 is 4.90 Å². The molecule has 136 valence electrons. The molecule has 7 nitrogen and oxygen atoms in total. The number of ether oxygens (including phenoxy) is 2. The molecule has 3 fully saturated rings. The predicted octanol–water partition coefficient (Wildman–Crippen LogP) is 0.992. The van der Waals surface area contributed by atoms with Crippen LogP contribution in [0, 0.1) is 5.82 Å². The summed E-state index contributed by atoms with van der Waals surface area (Å²) in [5, 5.41) is 0. The van der Waals surface area contributed by atoms with Crippen molar-refractivity contribution in [2.24, 2.45) is 0 Å². The Labute approximate surface area is 146 Å². The van der Waals surface area contributed by atoms with Gasteiger partial charge in [0.15, 0.2) is 5.82 Å². The molecule has 1 aromatic heterocycles. The highest BCUT2D eigenvalue weighted by Gasteiger charge is 2.49. The van der Waals surface area contributed by atoms with Gasteiger partial charge in [0.05, 0.1) is 31.6 Å². The molecular formula is C17H23FN4O3. The summed E-state index contributed by atoms with van der Waals surface area (Å²) in [6, 6.07) is 0. The van der Waals surface area contributed by atoms with Gasteiger partial charge >= 0.3 is 0 Å². The van der Waals surface area contributed by atoms with E-state index in [2.05, 4.69) is 9.97 Å². The van der Waals surface area contributed by atoms with E-state index in [1.165, 1.54) is 12.4 Å². The topological polar surface area (TPSA) is 67.8 Å². The molecule has 4 rings (SSSR count). The van der Waals surface area contributed by atoms with Gasteiger partial charge in [-0.2, -0.15) is 0 Å². The molecule has 3 aliphatic heterocycles. The second-order valence-corrected chi connectivity index (χ2v) is 7.10. The molecule has 3 aliphatic rings. The van der Waals surface area contributed by atoms with Crippen molar-refractivity contribution in [1.29, 1.82) is 0 Å². The number of rotatable bonds is 4. The van der Waals surface area contributed by atoms with Crippen LogP contribution in [0.1, 0.15) is 25.7 Å². The lowest BCUT2D eigenvalue weighted by atomic mass is 9.85. The average Bonchev–Trinajstić information content (AvgIpc) is 3.13. The van der Waals surface area contributed by atoms with Crippen molar-refractivity contribution in [2.75, 3.05) is 44.3 Å². The Balaban J connectivity index is 1.27. The molecule has 0 N–H and O–H groups in total. The third-order valence-electron chi connectivity index (χ3n) is 5.20. The first kappa shape index (κ1) is 16.7. The monoisotopic (exact) mass is 350 g/mol. The summed E-state index contributed by atoms with van der Waals surface area (Å²) >= 11 is 0. The van der Waals surface area contributed by atoms with Gasteiger partial charge in [-0.15, -0.1) is 0 Å². The molecule has 1 atom stereocenters. The molecule has 1 unspecified atom stereocenters. The zero-order valence-electron chi connectivity index (χ0n) is 14.2. The van der Waals surface area contributed by atoms with Crippen molar-refractivity contribution in [3.05, 3.63) is 18.2 Å². The Morgan fingerprint density at radius 3 is 2.76 bits per heavy atom. The summed E-state index contributed by atoms with van der Waals surface area (Å²) in [7, 11) is 0. The van der Waals surface area contributed by atoms with Crippen molar-refractivity contribution in [3.63, 3.8) is 0 Å². The number of carbonyl (C=O) groups excluding carboxylic acids is 1. The van der Waals surface area contributed by atoms with Crippen LogP contribution in [0.25, 0.3) is 0 Å². The van der Waals surface area contributed by atoms with Gasteiger partial charge in [0, 0.05) is 26.1 Å². The van der Waals surface area contributed by atoms with Gasteiger partial charge in [-0.05, 0) is 19.3 Å². The number of aromatic nitrogens is 2. The normalized spacial score (nSPS) is 25.2. The minimum atomic E-state index is -0.441. The van der Waals surface area contributed by atoms with Gasteiger partial charge in [0.1, 0.15) is 12.2 Å². The standard InChI is InChI=1S/C17H23FN4O3/c18-13-8-19-16(20-9-13)22-11-17(12-22)7-14(3-6-25-17)24-10-15(23)21-4-1-2-5-21/h8-9,14H,1-7,10-12H2. The van der Waals surface area contributed by atoms with E-state index in [1.807, 2.05) is 9.80 Å². The van der Waals surface area contributed by atoms with Crippen LogP contribution >= 0.6 is 0 Å². The summed E-state index contributed by atoms with van der Waals surface area (Å²) < 4.78 is 24.8. The van der Waals surface area contributed by atoms with E-state index < -0.39 is 5.82 Å². The molecule has 1 amide bonds. The SMILES string of the molecule is O=C(COC1CCOC2(C1)CN(c1ncc(F)cn1)C2)N1CCCC1. The van der Waals surface area contributed by atoms with Crippen LogP contribution in [-0.4, -0.2) is 71.9 Å². The van der Waals surface area contributed by atoms with Gasteiger partial charge in [-0.25, -0.2) is 14.4 Å². The highest BCUT2D eigenvalue weighted by atomic mass is 19.1. The predicted molar refractivity (Wildman–Crippen MR) is 87.7 cm³/mol. The van der Waals surface area contributed by atoms with E-state index in [1.54, 1.807) is 0 Å². The van der Waals surface area contributed by atoms with E-state index in [0.717, 1.165) is 38.8 Å². The summed E-state index contributed by atoms with van der Waals surface area (Å²) in [6.07, 6.45) is 6.13. The van der Waals surface area contributed by atoms with E-state index in [9.17, 15) is 9.18 Å². The first-order valence-corrected chi connectivity index (χ1v) is 8.89. The zero-order valence-corrected chi connectivity index (χ0v) is 14.2. The van der Waals surface area contributed by atoms with E-state index in [0.29, 0.717) is 25.6 Å². The number of hydrogen-bond acceptors (Lipinski definition) is 6. The van der Waals surface area contributed by atoms with Crippen LogP contribution in [-0.2, 0) is 14.3 Å². The maximum absolute atomic E-state index is 12.9. The minimum absolute atomic E-state index is 0.0385. The smallest absolute Gasteiger partial charge is 0.248 e. The van der Waals surface area contributed by atoms with Crippen molar-refractivity contribution in [3.8, 4) is 0 Å². The summed E-state index contributed by atoms with van der Waals surface area (Å²) in [5.74, 6) is 0.167. The summed E-state index contributed by atoms with van der Waals surface area (Å²) in [4.78, 5) is 24.0. The lowest BCUT2D eigenvalue weighted by molar-refractivity contribution is -0.157. The first-order valence-electron chi connectivity index (χ1n) is 8.89. The van der Waals surface area contributed by atoms with Crippen LogP contribution in [0.2, 0.25) is 0 Å². The largest absolute Gasteiger partial charge is 0.371 e. The number of hydrogen-bond donors (Lipinski definition) is 0. The second kappa shape index (κ2) is 6.84. The van der Waals surface area contributed by atoms with Gasteiger partial charge in [-0.1, -0.05) is 0 Å². The molecule has 0 saturated carbocycles. The lowest BCUT2D eigenvalue weighted by Crippen LogP contribution is -2.66. The molecule has 8 heteroatoms. The van der Waals surface area contributed by atoms with Crippen molar-refractivity contribution < 1.29 is 18.7 Å². The Morgan fingerprint density at radius 1 is 1.32 bits per heavy atom. The Morgan fingerprint density at radius 2 is 2.04 bits per heavy atom. The van der Waals surface area contributed by atoms with E-state index in [4.69, 9.17) is 9.47 Å². The van der Waals surface area contributed by atoms with Crippen molar-refractivity contribution in [1.82, 2.24) is 14.9 Å². The fraction of sp³-hybridized carbons (Fsp3) is 0.706. The Kier molecular flexibility index (Phi) is 4.56. The molecular weight excluding hydrogens is 327 g/mol. The maximum atomic E-state index is 12.9. The van der Waals surface area contributed by atoms with E-state index in [-0.39, 0.29) is 24.2 Å². The zero-order chi connectivity index (χ0) is 17.3. The maximum Gasteiger partial charge on any atom is 0.248 e. The van der Waals surface area contributed by atoms with Crippen LogP contribution in [0.4, 0.5) is 10.3 Å². The van der Waals surface area contributed by atoms with E-state index >= 15 is 0 Å². The number of likely N-dealkylation sites (tertiary alicyclic amines) is 1. The fourth-order valence-corrected chi connectivity index (χ4v) is 3.85. The van der Waals surface area contributed by atoms with Gasteiger partial charge < -0.3 is 19.3 Å². The first-order chi connectivity index (χ1) is 12.1. The minimum Gasteiger partial charge on any atom is -0.371 e. The Bertz CT molecular complexity index is 615. The lowest BCUT2D eigenvalue weighted by Gasteiger charge is -2.52. The second-order valence-electron chi connectivity index (χ2n) is 7.10. The quantitative estimate of drug-likeness (QED) is 0.807. The van der Waals surface area contributed by atoms with Crippen molar-refractivity contribution >= 4 is 11.9 Å². The van der Waals surface area contributed by atoms with Crippen molar-refractivity contribution in [2.45, 2.75) is 37.4 Å². The van der Waals surface area contributed by atoms with Gasteiger partial charge in [-0.3, -0.25) is 4.79 Å². The number of carbonyl (C=O) groups is 1. The average molecular weight is 350 g/mol. The molecule has 1 aromatic rings. The molecule has 1 spiro atoms. The molecule has 0 radical (unpaired) electrons. The number of halogens is 1. The molecule has 25 heavy (non-hydrogen) atoms. The highest BCUT2D eigenvalue weighted by molar-refractivity contribution is 5.77. The van der Waals surface area contributed by atoms with Crippen LogP contribution in [0.15, 0.2) is 12.4 Å². The third-order valence-corrected chi connectivity index (χ3v) is 5.20. The third kappa shape index (κ3) is 3.59. The molecule has 0 aromatic carbocycles. The molecule has 0 aliphatic carbocycles.